The monoisotopic (exact) mass is 305 g/mol. The Bertz CT molecular complexity index is 670. The van der Waals surface area contributed by atoms with E-state index in [2.05, 4.69) is 0 Å². The summed E-state index contributed by atoms with van der Waals surface area (Å²) in [5.74, 6) is -1.21. The van der Waals surface area contributed by atoms with Crippen molar-refractivity contribution in [2.45, 2.75) is 13.0 Å². The number of carbonyl (C=O) groups is 2. The fourth-order valence-corrected chi connectivity index (χ4v) is 1.84. The predicted molar refractivity (Wildman–Crippen MR) is 76.1 cm³/mol. The molecule has 2 rings (SSSR count). The van der Waals surface area contributed by atoms with Crippen molar-refractivity contribution in [3.05, 3.63) is 70.1 Å². The maximum Gasteiger partial charge on any atom is 0.405 e. The smallest absolute Gasteiger partial charge is 0.405 e. The van der Waals surface area contributed by atoms with Gasteiger partial charge in [-0.1, -0.05) is 11.6 Å². The Kier molecular flexibility index (Phi) is 4.55. The lowest BCUT2D eigenvalue weighted by molar-refractivity contribution is -0.608. The summed E-state index contributed by atoms with van der Waals surface area (Å²) in [6, 6.07) is 10.6. The van der Waals surface area contributed by atoms with Crippen molar-refractivity contribution in [3.63, 3.8) is 0 Å². The van der Waals surface area contributed by atoms with Crippen LogP contribution in [0.15, 0.2) is 48.7 Å². The molecule has 0 N–H and O–H groups in total. The average Bonchev–Trinajstić information content (AvgIpc) is 2.47. The van der Waals surface area contributed by atoms with Gasteiger partial charge in [0.05, 0.1) is 0 Å². The number of halogens is 1. The number of nitrogens with zero attached hydrogens (tertiary/aromatic N) is 1. The zero-order valence-electron chi connectivity index (χ0n) is 11.2. The highest BCUT2D eigenvalue weighted by Crippen LogP contribution is 2.13. The molecule has 0 saturated carbocycles. The summed E-state index contributed by atoms with van der Waals surface area (Å²) in [5.41, 5.74) is 0.205. The van der Waals surface area contributed by atoms with Gasteiger partial charge < -0.3 is 9.94 Å². The van der Waals surface area contributed by atoms with E-state index in [9.17, 15) is 14.8 Å². The van der Waals surface area contributed by atoms with Crippen molar-refractivity contribution in [2.75, 3.05) is 0 Å². The third kappa shape index (κ3) is 3.58. The second kappa shape index (κ2) is 6.37. The van der Waals surface area contributed by atoms with Crippen LogP contribution in [-0.2, 0) is 4.74 Å². The Hall–Kier alpha value is -2.40. The standard InChI is InChI=1S/C15H12ClNO4/c1-10(14(18)11-5-7-12(16)8-6-11)21-15(19)13-4-2-3-9-17(13)20/h2-10H,1H3/t10-/m1/s1. The first kappa shape index (κ1) is 15.0. The van der Waals surface area contributed by atoms with E-state index in [4.69, 9.17) is 16.3 Å². The molecule has 21 heavy (non-hydrogen) atoms. The zero-order chi connectivity index (χ0) is 15.4. The van der Waals surface area contributed by atoms with Crippen LogP contribution in [0.5, 0.6) is 0 Å². The molecule has 108 valence electrons. The fraction of sp³-hybridized carbons (Fsp3) is 0.133. The van der Waals surface area contributed by atoms with Gasteiger partial charge in [0.2, 0.25) is 5.78 Å². The first-order chi connectivity index (χ1) is 9.99. The largest absolute Gasteiger partial charge is 0.618 e. The predicted octanol–water partition coefficient (Wildman–Crippen LogP) is 2.40. The molecule has 0 aliphatic carbocycles. The molecule has 1 atom stereocenters. The fourth-order valence-electron chi connectivity index (χ4n) is 1.71. The number of rotatable bonds is 4. The lowest BCUT2D eigenvalue weighted by Crippen LogP contribution is -2.36. The lowest BCUT2D eigenvalue weighted by Gasteiger charge is -2.12. The molecule has 1 aromatic heterocycles. The summed E-state index contributed by atoms with van der Waals surface area (Å²) >= 11 is 5.74. The van der Waals surface area contributed by atoms with Gasteiger partial charge in [-0.15, -0.1) is 0 Å². The van der Waals surface area contributed by atoms with E-state index in [1.54, 1.807) is 24.3 Å². The van der Waals surface area contributed by atoms with Crippen molar-refractivity contribution in [1.29, 1.82) is 0 Å². The SMILES string of the molecule is C[C@@H](OC(=O)c1cccc[n+]1[O-])C(=O)c1ccc(Cl)cc1. The number of aromatic nitrogens is 1. The summed E-state index contributed by atoms with van der Waals surface area (Å²) < 4.78 is 5.41. The number of carbonyl (C=O) groups excluding carboxylic acids is 2. The summed E-state index contributed by atoms with van der Waals surface area (Å²) in [7, 11) is 0. The summed E-state index contributed by atoms with van der Waals surface area (Å²) in [6.07, 6.45) is 0.182. The van der Waals surface area contributed by atoms with Gasteiger partial charge in [-0.25, -0.2) is 4.79 Å². The first-order valence-electron chi connectivity index (χ1n) is 6.18. The van der Waals surface area contributed by atoms with Crippen molar-refractivity contribution in [1.82, 2.24) is 0 Å². The number of hydrogen-bond donors (Lipinski definition) is 0. The van der Waals surface area contributed by atoms with E-state index >= 15 is 0 Å². The van der Waals surface area contributed by atoms with E-state index in [0.717, 1.165) is 0 Å². The van der Waals surface area contributed by atoms with E-state index in [0.29, 0.717) is 15.3 Å². The number of hydrogen-bond acceptors (Lipinski definition) is 4. The molecule has 0 aliphatic rings. The van der Waals surface area contributed by atoms with Gasteiger partial charge in [0, 0.05) is 22.7 Å². The molecular formula is C15H12ClNO4. The van der Waals surface area contributed by atoms with Crippen LogP contribution in [0.4, 0.5) is 0 Å². The Balaban J connectivity index is 2.09. The van der Waals surface area contributed by atoms with Crippen LogP contribution in [0.25, 0.3) is 0 Å². The van der Waals surface area contributed by atoms with Gasteiger partial charge in [0.25, 0.3) is 0 Å². The maximum absolute atomic E-state index is 12.1. The molecule has 0 bridgehead atoms. The number of ether oxygens (including phenoxy) is 1. The molecule has 0 saturated heterocycles. The number of Topliss-reactive ketones (excluding diaryl/α,β-unsaturated/α-hetero) is 1. The number of ketones is 1. The Morgan fingerprint density at radius 1 is 1.19 bits per heavy atom. The van der Waals surface area contributed by atoms with E-state index < -0.39 is 12.1 Å². The molecular weight excluding hydrogens is 294 g/mol. The molecule has 1 aromatic carbocycles. The summed E-state index contributed by atoms with van der Waals surface area (Å²) in [4.78, 5) is 24.0. The molecule has 2 aromatic rings. The molecule has 1 heterocycles. The summed E-state index contributed by atoms with van der Waals surface area (Å²) in [6.45, 7) is 1.45. The number of pyridine rings is 1. The number of esters is 1. The Labute approximate surface area is 126 Å². The highest BCUT2D eigenvalue weighted by atomic mass is 35.5. The van der Waals surface area contributed by atoms with Crippen LogP contribution in [0.2, 0.25) is 5.02 Å². The molecule has 0 spiro atoms. The third-order valence-electron chi connectivity index (χ3n) is 2.82. The first-order valence-corrected chi connectivity index (χ1v) is 6.56. The van der Waals surface area contributed by atoms with Crippen molar-refractivity contribution >= 4 is 23.4 Å². The van der Waals surface area contributed by atoms with Crippen molar-refractivity contribution in [2.24, 2.45) is 0 Å². The summed E-state index contributed by atoms with van der Waals surface area (Å²) in [5, 5.41) is 11.9. The van der Waals surface area contributed by atoms with Crippen LogP contribution in [0.3, 0.4) is 0 Å². The Morgan fingerprint density at radius 2 is 1.86 bits per heavy atom. The molecule has 0 fully saturated rings. The minimum Gasteiger partial charge on any atom is -0.618 e. The number of benzene rings is 1. The molecule has 0 unspecified atom stereocenters. The second-order valence-electron chi connectivity index (χ2n) is 4.33. The normalized spacial score (nSPS) is 11.7. The average molecular weight is 306 g/mol. The van der Waals surface area contributed by atoms with Gasteiger partial charge in [0.1, 0.15) is 0 Å². The van der Waals surface area contributed by atoms with Crippen LogP contribution < -0.4 is 4.73 Å². The van der Waals surface area contributed by atoms with Crippen LogP contribution in [0.1, 0.15) is 27.8 Å². The van der Waals surface area contributed by atoms with Gasteiger partial charge in [-0.05, 0) is 37.3 Å². The van der Waals surface area contributed by atoms with Gasteiger partial charge in [0.15, 0.2) is 12.3 Å². The molecule has 5 nitrogen and oxygen atoms in total. The Morgan fingerprint density at radius 3 is 2.48 bits per heavy atom. The van der Waals surface area contributed by atoms with Gasteiger partial charge >= 0.3 is 11.7 Å². The van der Waals surface area contributed by atoms with Crippen LogP contribution in [0, 0.1) is 5.21 Å². The molecule has 0 aliphatic heterocycles. The zero-order valence-corrected chi connectivity index (χ0v) is 11.9. The quantitative estimate of drug-likeness (QED) is 0.376. The van der Waals surface area contributed by atoms with E-state index in [1.165, 1.54) is 31.3 Å². The van der Waals surface area contributed by atoms with E-state index in [1.807, 2.05) is 0 Å². The lowest BCUT2D eigenvalue weighted by atomic mass is 10.1. The molecule has 6 heteroatoms. The molecule has 0 radical (unpaired) electrons. The minimum absolute atomic E-state index is 0.173. The topological polar surface area (TPSA) is 70.3 Å². The van der Waals surface area contributed by atoms with Crippen LogP contribution in [-0.4, -0.2) is 17.9 Å². The van der Waals surface area contributed by atoms with Gasteiger partial charge in [-0.3, -0.25) is 4.79 Å². The van der Waals surface area contributed by atoms with Gasteiger partial charge in [-0.2, -0.15) is 4.73 Å². The highest BCUT2D eigenvalue weighted by Gasteiger charge is 2.24. The van der Waals surface area contributed by atoms with Crippen molar-refractivity contribution in [3.8, 4) is 0 Å². The maximum atomic E-state index is 12.1. The highest BCUT2D eigenvalue weighted by molar-refractivity contribution is 6.30. The second-order valence-corrected chi connectivity index (χ2v) is 4.77. The van der Waals surface area contributed by atoms with Crippen LogP contribution >= 0.6 is 11.6 Å². The molecule has 0 amide bonds. The minimum atomic E-state index is -1.00. The van der Waals surface area contributed by atoms with Crippen molar-refractivity contribution < 1.29 is 19.1 Å². The van der Waals surface area contributed by atoms with E-state index in [-0.39, 0.29) is 11.5 Å². The third-order valence-corrected chi connectivity index (χ3v) is 3.07.